The predicted octanol–water partition coefficient (Wildman–Crippen LogP) is -0.493. The third-order valence-electron chi connectivity index (χ3n) is 2.71. The maximum atomic E-state index is 11.9. The average Bonchev–Trinajstić information content (AvgIpc) is 2.80. The number of hydrogen-bond acceptors (Lipinski definition) is 4. The van der Waals surface area contributed by atoms with Gasteiger partial charge in [-0.05, 0) is 13.8 Å². The van der Waals surface area contributed by atoms with Crippen LogP contribution in [0.2, 0.25) is 0 Å². The van der Waals surface area contributed by atoms with Gasteiger partial charge in [0.2, 0.25) is 5.91 Å². The van der Waals surface area contributed by atoms with E-state index in [0.717, 1.165) is 0 Å². The number of aromatic nitrogens is 2. The summed E-state index contributed by atoms with van der Waals surface area (Å²) in [7, 11) is 0. The fraction of sp³-hybridized carbons (Fsp3) is 0.545. The summed E-state index contributed by atoms with van der Waals surface area (Å²) in [4.78, 5) is 29.6. The molecule has 0 fully saturated rings. The van der Waals surface area contributed by atoms with Crippen molar-refractivity contribution < 1.29 is 14.7 Å². The van der Waals surface area contributed by atoms with Crippen LogP contribution in [0.5, 0.6) is 0 Å². The predicted molar refractivity (Wildman–Crippen MR) is 64.7 cm³/mol. The number of H-pyrrole nitrogens is 1. The quantitative estimate of drug-likeness (QED) is 0.545. The summed E-state index contributed by atoms with van der Waals surface area (Å²) < 4.78 is 0. The fourth-order valence-electron chi connectivity index (χ4n) is 1.26. The SMILES string of the molecule is CC(C)(CN)C(=O)NC(Cc1cnc[nH]1)C(=O)O. The van der Waals surface area contributed by atoms with E-state index < -0.39 is 17.4 Å². The largest absolute Gasteiger partial charge is 0.480 e. The average molecular weight is 254 g/mol. The van der Waals surface area contributed by atoms with Crippen molar-refractivity contribution in [2.45, 2.75) is 26.3 Å². The van der Waals surface area contributed by atoms with Crippen LogP contribution >= 0.6 is 0 Å². The minimum absolute atomic E-state index is 0.148. The first kappa shape index (κ1) is 14.2. The molecule has 1 aromatic heterocycles. The third kappa shape index (κ3) is 3.56. The first-order valence-corrected chi connectivity index (χ1v) is 5.58. The molecule has 1 atom stereocenters. The lowest BCUT2D eigenvalue weighted by atomic mass is 9.92. The van der Waals surface area contributed by atoms with Gasteiger partial charge in [0.25, 0.3) is 0 Å². The zero-order valence-electron chi connectivity index (χ0n) is 10.4. The van der Waals surface area contributed by atoms with Gasteiger partial charge >= 0.3 is 5.97 Å². The minimum Gasteiger partial charge on any atom is -0.480 e. The van der Waals surface area contributed by atoms with Crippen LogP contribution < -0.4 is 11.1 Å². The molecule has 0 bridgehead atoms. The van der Waals surface area contributed by atoms with Gasteiger partial charge in [0.1, 0.15) is 6.04 Å². The zero-order chi connectivity index (χ0) is 13.8. The number of carboxylic acids is 1. The van der Waals surface area contributed by atoms with Crippen molar-refractivity contribution in [3.63, 3.8) is 0 Å². The van der Waals surface area contributed by atoms with Gasteiger partial charge in [0, 0.05) is 24.9 Å². The van der Waals surface area contributed by atoms with E-state index in [1.807, 2.05) is 0 Å². The number of imidazole rings is 1. The van der Waals surface area contributed by atoms with Crippen LogP contribution in [0.25, 0.3) is 0 Å². The van der Waals surface area contributed by atoms with E-state index in [-0.39, 0.29) is 18.9 Å². The van der Waals surface area contributed by atoms with Gasteiger partial charge in [-0.3, -0.25) is 4.79 Å². The van der Waals surface area contributed by atoms with Crippen LogP contribution in [0.15, 0.2) is 12.5 Å². The summed E-state index contributed by atoms with van der Waals surface area (Å²) in [6.45, 7) is 3.48. The fourth-order valence-corrected chi connectivity index (χ4v) is 1.26. The number of amides is 1. The number of nitrogens with zero attached hydrogens (tertiary/aromatic N) is 1. The van der Waals surface area contributed by atoms with Crippen molar-refractivity contribution in [2.24, 2.45) is 11.1 Å². The Balaban J connectivity index is 2.70. The van der Waals surface area contributed by atoms with Gasteiger partial charge in [-0.2, -0.15) is 0 Å². The van der Waals surface area contributed by atoms with Crippen LogP contribution in [0.1, 0.15) is 19.5 Å². The van der Waals surface area contributed by atoms with Crippen molar-refractivity contribution in [2.75, 3.05) is 6.54 Å². The first-order valence-electron chi connectivity index (χ1n) is 5.58. The molecule has 0 saturated heterocycles. The van der Waals surface area contributed by atoms with Gasteiger partial charge in [-0.15, -0.1) is 0 Å². The Labute approximate surface area is 105 Å². The number of aromatic amines is 1. The van der Waals surface area contributed by atoms with Crippen molar-refractivity contribution in [1.29, 1.82) is 0 Å². The molecular weight excluding hydrogens is 236 g/mol. The van der Waals surface area contributed by atoms with E-state index in [1.54, 1.807) is 13.8 Å². The number of rotatable bonds is 6. The van der Waals surface area contributed by atoms with E-state index in [2.05, 4.69) is 15.3 Å². The molecule has 0 aliphatic rings. The highest BCUT2D eigenvalue weighted by molar-refractivity contribution is 5.87. The molecule has 0 saturated carbocycles. The zero-order valence-corrected chi connectivity index (χ0v) is 10.4. The molecule has 5 N–H and O–H groups in total. The molecule has 0 spiro atoms. The first-order chi connectivity index (χ1) is 8.36. The summed E-state index contributed by atoms with van der Waals surface area (Å²) in [6.07, 6.45) is 3.14. The Hall–Kier alpha value is -1.89. The molecule has 0 aromatic carbocycles. The maximum Gasteiger partial charge on any atom is 0.326 e. The van der Waals surface area contributed by atoms with Gasteiger partial charge < -0.3 is 21.1 Å². The maximum absolute atomic E-state index is 11.9. The Morgan fingerprint density at radius 2 is 2.28 bits per heavy atom. The van der Waals surface area contributed by atoms with E-state index in [1.165, 1.54) is 12.5 Å². The van der Waals surface area contributed by atoms with Crippen LogP contribution in [0.4, 0.5) is 0 Å². The summed E-state index contributed by atoms with van der Waals surface area (Å²) >= 11 is 0. The molecule has 0 radical (unpaired) electrons. The summed E-state index contributed by atoms with van der Waals surface area (Å²) in [5.74, 6) is -1.47. The number of carbonyl (C=O) groups is 2. The Kier molecular flexibility index (Phi) is 4.43. The molecule has 1 aromatic rings. The van der Waals surface area contributed by atoms with Gasteiger partial charge in [0.15, 0.2) is 0 Å². The molecule has 1 amide bonds. The minimum atomic E-state index is -1.09. The number of nitrogens with one attached hydrogen (secondary N) is 2. The third-order valence-corrected chi connectivity index (χ3v) is 2.71. The van der Waals surface area contributed by atoms with E-state index in [4.69, 9.17) is 10.8 Å². The normalized spacial score (nSPS) is 13.1. The van der Waals surface area contributed by atoms with Crippen molar-refractivity contribution in [1.82, 2.24) is 15.3 Å². The standard InChI is InChI=1S/C11H18N4O3/c1-11(2,5-12)10(18)15-8(9(16)17)3-7-4-13-6-14-7/h4,6,8H,3,5,12H2,1-2H3,(H,13,14)(H,15,18)(H,16,17). The summed E-state index contributed by atoms with van der Waals surface area (Å²) in [5, 5.41) is 11.6. The molecule has 7 heteroatoms. The van der Waals surface area contributed by atoms with Gasteiger partial charge in [0.05, 0.1) is 11.7 Å². The Morgan fingerprint density at radius 1 is 1.61 bits per heavy atom. The second-order valence-corrected chi connectivity index (χ2v) is 4.73. The molecule has 7 nitrogen and oxygen atoms in total. The lowest BCUT2D eigenvalue weighted by molar-refractivity contribution is -0.143. The summed E-state index contributed by atoms with van der Waals surface area (Å²) in [6, 6.07) is -0.997. The molecule has 18 heavy (non-hydrogen) atoms. The highest BCUT2D eigenvalue weighted by atomic mass is 16.4. The summed E-state index contributed by atoms with van der Waals surface area (Å²) in [5.41, 5.74) is 5.33. The number of carbonyl (C=O) groups excluding carboxylic acids is 1. The lowest BCUT2D eigenvalue weighted by Gasteiger charge is -2.24. The van der Waals surface area contributed by atoms with E-state index >= 15 is 0 Å². The van der Waals surface area contributed by atoms with Crippen LogP contribution in [-0.2, 0) is 16.0 Å². The topological polar surface area (TPSA) is 121 Å². The molecule has 0 aliphatic carbocycles. The Bertz CT molecular complexity index is 414. The molecule has 1 rings (SSSR count). The number of hydrogen-bond donors (Lipinski definition) is 4. The molecule has 100 valence electrons. The molecule has 0 aliphatic heterocycles. The van der Waals surface area contributed by atoms with Crippen LogP contribution in [0, 0.1) is 5.41 Å². The van der Waals surface area contributed by atoms with Crippen LogP contribution in [-0.4, -0.2) is 39.5 Å². The molecule has 1 heterocycles. The number of nitrogens with two attached hydrogens (primary N) is 1. The monoisotopic (exact) mass is 254 g/mol. The van der Waals surface area contributed by atoms with Crippen LogP contribution in [0.3, 0.4) is 0 Å². The van der Waals surface area contributed by atoms with E-state index in [9.17, 15) is 9.59 Å². The molecular formula is C11H18N4O3. The lowest BCUT2D eigenvalue weighted by Crippen LogP contribution is -2.49. The second-order valence-electron chi connectivity index (χ2n) is 4.73. The highest BCUT2D eigenvalue weighted by Gasteiger charge is 2.30. The van der Waals surface area contributed by atoms with E-state index in [0.29, 0.717) is 5.69 Å². The molecule has 1 unspecified atom stereocenters. The van der Waals surface area contributed by atoms with Gasteiger partial charge in [-0.1, -0.05) is 0 Å². The second kappa shape index (κ2) is 5.63. The number of aliphatic carboxylic acids is 1. The number of carboxylic acid groups (broad SMARTS) is 1. The van der Waals surface area contributed by atoms with Gasteiger partial charge in [-0.25, -0.2) is 9.78 Å². The van der Waals surface area contributed by atoms with Crippen molar-refractivity contribution >= 4 is 11.9 Å². The van der Waals surface area contributed by atoms with Crippen molar-refractivity contribution in [3.05, 3.63) is 18.2 Å². The van der Waals surface area contributed by atoms with Crippen molar-refractivity contribution in [3.8, 4) is 0 Å². The highest BCUT2D eigenvalue weighted by Crippen LogP contribution is 2.13. The Morgan fingerprint density at radius 3 is 2.72 bits per heavy atom. The smallest absolute Gasteiger partial charge is 0.326 e.